The molecule has 1 aliphatic rings. The van der Waals surface area contributed by atoms with E-state index in [1.54, 1.807) is 28.6 Å². The van der Waals surface area contributed by atoms with E-state index in [-0.39, 0.29) is 24.2 Å². The van der Waals surface area contributed by atoms with Gasteiger partial charge in [-0.1, -0.05) is 0 Å². The fraction of sp³-hybridized carbons (Fsp3) is 0.429. The third-order valence-corrected chi connectivity index (χ3v) is 5.42. The van der Waals surface area contributed by atoms with Gasteiger partial charge in [-0.3, -0.25) is 0 Å². The van der Waals surface area contributed by atoms with Crippen LogP contribution in [-0.2, 0) is 14.6 Å². The van der Waals surface area contributed by atoms with Gasteiger partial charge >= 0.3 is 5.97 Å². The molecule has 0 aromatic carbocycles. The molecule has 1 fully saturated rings. The average molecular weight is 323 g/mol. The van der Waals surface area contributed by atoms with Crippen LogP contribution >= 0.6 is 0 Å². The third-order valence-electron chi connectivity index (χ3n) is 3.67. The summed E-state index contributed by atoms with van der Waals surface area (Å²) in [6, 6.07) is 3.40. The van der Waals surface area contributed by atoms with Crippen molar-refractivity contribution in [2.24, 2.45) is 0 Å². The third kappa shape index (κ3) is 2.66. The maximum atomic E-state index is 12.1. The van der Waals surface area contributed by atoms with Gasteiger partial charge in [-0.2, -0.15) is 5.10 Å². The second kappa shape index (κ2) is 5.60. The number of nitrogens with zero attached hydrogens (tertiary/aromatic N) is 3. The Morgan fingerprint density at radius 2 is 2.14 bits per heavy atom. The lowest BCUT2D eigenvalue weighted by molar-refractivity contribution is 0.0526. The minimum absolute atomic E-state index is 0.0468. The number of sulfone groups is 1. The molecule has 0 amide bonds. The predicted molar refractivity (Wildman–Crippen MR) is 79.8 cm³/mol. The molecule has 0 saturated carbocycles. The molecule has 22 heavy (non-hydrogen) atoms. The molecule has 1 aliphatic heterocycles. The first-order chi connectivity index (χ1) is 10.5. The normalized spacial score (nSPS) is 20.1. The summed E-state index contributed by atoms with van der Waals surface area (Å²) in [4.78, 5) is 12.1. The SMILES string of the molecule is CCOC(=O)c1cnn([C@@H]2CCS(=O)(=O)C2)c1-n1cccc1. The topological polar surface area (TPSA) is 83.2 Å². The van der Waals surface area contributed by atoms with Crippen LogP contribution < -0.4 is 0 Å². The van der Waals surface area contributed by atoms with Gasteiger partial charge in [0, 0.05) is 12.4 Å². The lowest BCUT2D eigenvalue weighted by atomic mass is 10.2. The molecule has 1 atom stereocenters. The number of rotatable bonds is 4. The Balaban J connectivity index is 2.06. The standard InChI is InChI=1S/C14H17N3O4S/c1-2-21-14(18)12-9-15-17(11-5-8-22(19,20)10-11)13(12)16-6-3-4-7-16/h3-4,6-7,9,11H,2,5,8,10H2,1H3/t11-/m1/s1. The van der Waals surface area contributed by atoms with E-state index in [1.165, 1.54) is 6.20 Å². The Bertz CT molecular complexity index is 777. The smallest absolute Gasteiger partial charge is 0.343 e. The van der Waals surface area contributed by atoms with Crippen LogP contribution in [-0.4, -0.2) is 46.8 Å². The molecule has 0 bridgehead atoms. The summed E-state index contributed by atoms with van der Waals surface area (Å²) in [5.41, 5.74) is 0.336. The van der Waals surface area contributed by atoms with Crippen molar-refractivity contribution in [3.8, 4) is 5.82 Å². The molecule has 0 aliphatic carbocycles. The Morgan fingerprint density at radius 1 is 1.41 bits per heavy atom. The number of aromatic nitrogens is 3. The molecule has 0 spiro atoms. The Morgan fingerprint density at radius 3 is 2.73 bits per heavy atom. The van der Waals surface area contributed by atoms with Crippen molar-refractivity contribution in [3.05, 3.63) is 36.3 Å². The molecule has 118 valence electrons. The highest BCUT2D eigenvalue weighted by molar-refractivity contribution is 7.91. The maximum Gasteiger partial charge on any atom is 0.343 e. The van der Waals surface area contributed by atoms with E-state index in [9.17, 15) is 13.2 Å². The molecule has 2 aromatic rings. The van der Waals surface area contributed by atoms with E-state index in [0.29, 0.717) is 17.8 Å². The zero-order valence-corrected chi connectivity index (χ0v) is 13.0. The lowest BCUT2D eigenvalue weighted by Gasteiger charge is -2.15. The fourth-order valence-electron chi connectivity index (χ4n) is 2.68. The van der Waals surface area contributed by atoms with Crippen LogP contribution in [0.15, 0.2) is 30.7 Å². The van der Waals surface area contributed by atoms with Gasteiger partial charge in [-0.05, 0) is 25.5 Å². The zero-order chi connectivity index (χ0) is 15.7. The summed E-state index contributed by atoms with van der Waals surface area (Å²) in [6.07, 6.45) is 5.53. The van der Waals surface area contributed by atoms with Gasteiger partial charge in [0.15, 0.2) is 9.84 Å². The fourth-order valence-corrected chi connectivity index (χ4v) is 4.37. The largest absolute Gasteiger partial charge is 0.462 e. The van der Waals surface area contributed by atoms with E-state index in [2.05, 4.69) is 5.10 Å². The van der Waals surface area contributed by atoms with Crippen molar-refractivity contribution >= 4 is 15.8 Å². The minimum Gasteiger partial charge on any atom is -0.462 e. The molecular weight excluding hydrogens is 306 g/mol. The van der Waals surface area contributed by atoms with Gasteiger partial charge in [-0.15, -0.1) is 0 Å². The lowest BCUT2D eigenvalue weighted by Crippen LogP contribution is -2.17. The second-order valence-electron chi connectivity index (χ2n) is 5.19. The predicted octanol–water partition coefficient (Wildman–Crippen LogP) is 1.21. The molecule has 8 heteroatoms. The molecule has 0 unspecified atom stereocenters. The number of carbonyl (C=O) groups is 1. The van der Waals surface area contributed by atoms with Crippen LogP contribution in [0.1, 0.15) is 29.7 Å². The summed E-state index contributed by atoms with van der Waals surface area (Å²) >= 11 is 0. The van der Waals surface area contributed by atoms with E-state index in [4.69, 9.17) is 4.74 Å². The van der Waals surface area contributed by atoms with Crippen molar-refractivity contribution in [2.45, 2.75) is 19.4 Å². The average Bonchev–Trinajstić information content (AvgIpc) is 3.15. The number of hydrogen-bond donors (Lipinski definition) is 0. The van der Waals surface area contributed by atoms with Crippen molar-refractivity contribution in [3.63, 3.8) is 0 Å². The van der Waals surface area contributed by atoms with Crippen molar-refractivity contribution in [1.29, 1.82) is 0 Å². The summed E-state index contributed by atoms with van der Waals surface area (Å²) < 4.78 is 31.9. The number of esters is 1. The van der Waals surface area contributed by atoms with Crippen LogP contribution in [0.5, 0.6) is 0 Å². The Hall–Kier alpha value is -2.09. The molecular formula is C14H17N3O4S. The molecule has 3 rings (SSSR count). The van der Waals surface area contributed by atoms with Crippen molar-refractivity contribution in [1.82, 2.24) is 14.3 Å². The zero-order valence-electron chi connectivity index (χ0n) is 12.2. The molecule has 1 saturated heterocycles. The molecule has 3 heterocycles. The van der Waals surface area contributed by atoms with Crippen LogP contribution in [0.2, 0.25) is 0 Å². The highest BCUT2D eigenvalue weighted by Gasteiger charge is 2.33. The van der Waals surface area contributed by atoms with E-state index in [1.807, 2.05) is 12.1 Å². The Labute approximate surface area is 128 Å². The number of hydrogen-bond acceptors (Lipinski definition) is 5. The van der Waals surface area contributed by atoms with Crippen LogP contribution in [0.25, 0.3) is 5.82 Å². The van der Waals surface area contributed by atoms with Gasteiger partial charge in [0.1, 0.15) is 11.4 Å². The number of carbonyl (C=O) groups excluding carboxylic acids is 1. The van der Waals surface area contributed by atoms with E-state index < -0.39 is 15.8 Å². The molecule has 0 N–H and O–H groups in total. The monoisotopic (exact) mass is 323 g/mol. The van der Waals surface area contributed by atoms with Crippen LogP contribution in [0, 0.1) is 0 Å². The summed E-state index contributed by atoms with van der Waals surface area (Å²) in [6.45, 7) is 2.01. The Kier molecular flexibility index (Phi) is 3.78. The molecule has 0 radical (unpaired) electrons. The van der Waals surface area contributed by atoms with Gasteiger partial charge in [0.05, 0.1) is 30.4 Å². The summed E-state index contributed by atoms with van der Waals surface area (Å²) in [5, 5.41) is 4.25. The molecule has 2 aromatic heterocycles. The van der Waals surface area contributed by atoms with Crippen molar-refractivity contribution in [2.75, 3.05) is 18.1 Å². The van der Waals surface area contributed by atoms with Crippen molar-refractivity contribution < 1.29 is 17.9 Å². The van der Waals surface area contributed by atoms with Crippen LogP contribution in [0.4, 0.5) is 0 Å². The first-order valence-corrected chi connectivity index (χ1v) is 8.92. The van der Waals surface area contributed by atoms with Gasteiger partial charge in [0.25, 0.3) is 0 Å². The highest BCUT2D eigenvalue weighted by Crippen LogP contribution is 2.28. The van der Waals surface area contributed by atoms with E-state index in [0.717, 1.165) is 0 Å². The maximum absolute atomic E-state index is 12.1. The van der Waals surface area contributed by atoms with Gasteiger partial charge < -0.3 is 9.30 Å². The first-order valence-electron chi connectivity index (χ1n) is 7.10. The summed E-state index contributed by atoms with van der Waals surface area (Å²) in [5.74, 6) is 0.284. The van der Waals surface area contributed by atoms with Gasteiger partial charge in [0.2, 0.25) is 0 Å². The minimum atomic E-state index is -3.04. The highest BCUT2D eigenvalue weighted by atomic mass is 32.2. The molecule has 7 nitrogen and oxygen atoms in total. The van der Waals surface area contributed by atoms with Crippen LogP contribution in [0.3, 0.4) is 0 Å². The van der Waals surface area contributed by atoms with Gasteiger partial charge in [-0.25, -0.2) is 17.9 Å². The first kappa shape index (κ1) is 14.8. The summed E-state index contributed by atoms with van der Waals surface area (Å²) in [7, 11) is -3.04. The second-order valence-corrected chi connectivity index (χ2v) is 7.42. The number of ether oxygens (including phenoxy) is 1. The van der Waals surface area contributed by atoms with E-state index >= 15 is 0 Å². The quantitative estimate of drug-likeness (QED) is 0.790.